The molecule has 42 heavy (non-hydrogen) atoms. The molecular formula is C29H42FN5O7. The van der Waals surface area contributed by atoms with E-state index in [4.69, 9.17) is 14.2 Å². The van der Waals surface area contributed by atoms with Gasteiger partial charge in [0.15, 0.2) is 0 Å². The van der Waals surface area contributed by atoms with Gasteiger partial charge in [-0.25, -0.2) is 4.39 Å². The minimum Gasteiger partial charge on any atom is -0.378 e. The lowest BCUT2D eigenvalue weighted by atomic mass is 10.0. The normalized spacial score (nSPS) is 20.4. The second-order valence-corrected chi connectivity index (χ2v) is 10.8. The SMILES string of the molecule is Cc1cc(F)c(N2CCN(CCOCCOCCOC3CCNCC3)CC2)cc1C(=O)N(C=O)C1CCC(=O)NC1=O. The number of halogens is 1. The van der Waals surface area contributed by atoms with Crippen molar-refractivity contribution in [1.82, 2.24) is 20.4 Å². The van der Waals surface area contributed by atoms with E-state index in [2.05, 4.69) is 15.5 Å². The number of aryl methyl sites for hydroxylation is 1. The van der Waals surface area contributed by atoms with Crippen LogP contribution in [-0.2, 0) is 28.6 Å². The molecule has 3 aliphatic rings. The summed E-state index contributed by atoms with van der Waals surface area (Å²) < 4.78 is 32.1. The Morgan fingerprint density at radius 2 is 1.71 bits per heavy atom. The molecule has 3 aliphatic heterocycles. The van der Waals surface area contributed by atoms with Crippen molar-refractivity contribution in [2.45, 2.75) is 44.8 Å². The van der Waals surface area contributed by atoms with E-state index in [1.54, 1.807) is 6.92 Å². The minimum atomic E-state index is -1.09. The van der Waals surface area contributed by atoms with E-state index in [0.717, 1.165) is 37.4 Å². The Kier molecular flexibility index (Phi) is 12.2. The Morgan fingerprint density at radius 1 is 1.02 bits per heavy atom. The zero-order chi connectivity index (χ0) is 29.9. The van der Waals surface area contributed by atoms with E-state index in [0.29, 0.717) is 77.3 Å². The van der Waals surface area contributed by atoms with Crippen LogP contribution in [0.2, 0.25) is 0 Å². The maximum absolute atomic E-state index is 15.0. The molecule has 4 amide bonds. The summed E-state index contributed by atoms with van der Waals surface area (Å²) in [6.07, 6.45) is 2.79. The van der Waals surface area contributed by atoms with Gasteiger partial charge in [0.25, 0.3) is 5.91 Å². The molecular weight excluding hydrogens is 549 g/mol. The first kappa shape index (κ1) is 32.0. The first-order valence-corrected chi connectivity index (χ1v) is 14.7. The number of piperazine rings is 1. The van der Waals surface area contributed by atoms with Crippen molar-refractivity contribution in [3.8, 4) is 0 Å². The second kappa shape index (κ2) is 16.0. The van der Waals surface area contributed by atoms with Crippen molar-refractivity contribution in [2.24, 2.45) is 0 Å². The summed E-state index contributed by atoms with van der Waals surface area (Å²) in [6, 6.07) is 1.64. The number of hydrogen-bond acceptors (Lipinski definition) is 10. The molecule has 0 aliphatic carbocycles. The molecule has 13 heteroatoms. The molecule has 3 saturated heterocycles. The van der Waals surface area contributed by atoms with Crippen LogP contribution < -0.4 is 15.5 Å². The Morgan fingerprint density at radius 3 is 2.40 bits per heavy atom. The van der Waals surface area contributed by atoms with Crippen molar-refractivity contribution in [3.63, 3.8) is 0 Å². The molecule has 1 aromatic rings. The minimum absolute atomic E-state index is 0.0267. The van der Waals surface area contributed by atoms with Gasteiger partial charge in [0.2, 0.25) is 18.2 Å². The molecule has 0 saturated carbocycles. The lowest BCUT2D eigenvalue weighted by Crippen LogP contribution is -2.54. The topological polar surface area (TPSA) is 130 Å². The zero-order valence-corrected chi connectivity index (χ0v) is 24.3. The molecule has 3 heterocycles. The molecule has 0 spiro atoms. The highest BCUT2D eigenvalue weighted by atomic mass is 19.1. The summed E-state index contributed by atoms with van der Waals surface area (Å²) >= 11 is 0. The zero-order valence-electron chi connectivity index (χ0n) is 24.3. The van der Waals surface area contributed by atoms with Crippen molar-refractivity contribution in [2.75, 3.05) is 83.7 Å². The van der Waals surface area contributed by atoms with E-state index in [9.17, 15) is 19.2 Å². The highest BCUT2D eigenvalue weighted by Gasteiger charge is 2.35. The molecule has 0 aromatic heterocycles. The van der Waals surface area contributed by atoms with Gasteiger partial charge in [0.05, 0.1) is 44.8 Å². The van der Waals surface area contributed by atoms with Gasteiger partial charge in [0, 0.05) is 44.7 Å². The van der Waals surface area contributed by atoms with Crippen molar-refractivity contribution < 1.29 is 37.8 Å². The van der Waals surface area contributed by atoms with Crippen molar-refractivity contribution in [1.29, 1.82) is 0 Å². The lowest BCUT2D eigenvalue weighted by Gasteiger charge is -2.36. The van der Waals surface area contributed by atoms with Crippen LogP contribution in [0.1, 0.15) is 41.6 Å². The third-order valence-electron chi connectivity index (χ3n) is 7.92. The highest BCUT2D eigenvalue weighted by Crippen LogP contribution is 2.27. The molecule has 0 bridgehead atoms. The number of hydrogen-bond donors (Lipinski definition) is 2. The number of carbonyl (C=O) groups excluding carboxylic acids is 4. The fourth-order valence-electron chi connectivity index (χ4n) is 5.45. The lowest BCUT2D eigenvalue weighted by molar-refractivity contribution is -0.139. The largest absolute Gasteiger partial charge is 0.378 e. The smallest absolute Gasteiger partial charge is 0.261 e. The highest BCUT2D eigenvalue weighted by molar-refractivity contribution is 6.07. The monoisotopic (exact) mass is 591 g/mol. The van der Waals surface area contributed by atoms with Gasteiger partial charge >= 0.3 is 0 Å². The number of ether oxygens (including phenoxy) is 3. The fourth-order valence-corrected chi connectivity index (χ4v) is 5.45. The predicted octanol–water partition coefficient (Wildman–Crippen LogP) is 0.462. The number of carbonyl (C=O) groups is 4. The molecule has 4 rings (SSSR count). The van der Waals surface area contributed by atoms with Crippen molar-refractivity contribution >= 4 is 29.8 Å². The maximum atomic E-state index is 15.0. The number of piperidine rings is 2. The molecule has 2 N–H and O–H groups in total. The Labute approximate surface area is 245 Å². The summed E-state index contributed by atoms with van der Waals surface area (Å²) in [6.45, 7) is 9.59. The molecule has 1 atom stereocenters. The van der Waals surface area contributed by atoms with E-state index < -0.39 is 29.6 Å². The van der Waals surface area contributed by atoms with Gasteiger partial charge in [-0.15, -0.1) is 0 Å². The first-order chi connectivity index (χ1) is 20.4. The van der Waals surface area contributed by atoms with Gasteiger partial charge in [-0.1, -0.05) is 0 Å². The molecule has 3 fully saturated rings. The summed E-state index contributed by atoms with van der Waals surface area (Å²) in [4.78, 5) is 53.7. The quantitative estimate of drug-likeness (QED) is 0.179. The predicted molar refractivity (Wildman–Crippen MR) is 152 cm³/mol. The van der Waals surface area contributed by atoms with Crippen LogP contribution in [0.15, 0.2) is 12.1 Å². The van der Waals surface area contributed by atoms with Gasteiger partial charge in [-0.2, -0.15) is 0 Å². The molecule has 232 valence electrons. The third kappa shape index (κ3) is 8.77. The second-order valence-electron chi connectivity index (χ2n) is 10.8. The van der Waals surface area contributed by atoms with Crippen LogP contribution in [0.25, 0.3) is 0 Å². The van der Waals surface area contributed by atoms with E-state index >= 15 is 4.39 Å². The molecule has 1 unspecified atom stereocenters. The number of imide groups is 2. The summed E-state index contributed by atoms with van der Waals surface area (Å²) in [5, 5.41) is 5.47. The first-order valence-electron chi connectivity index (χ1n) is 14.7. The molecule has 0 radical (unpaired) electrons. The van der Waals surface area contributed by atoms with Gasteiger partial charge in [0.1, 0.15) is 11.9 Å². The number of nitrogens with zero attached hydrogens (tertiary/aromatic N) is 3. The Balaban J connectivity index is 1.18. The standard InChI is InChI=1S/C29H42FN5O7/c1-21-18-24(30)26(19-23(21)29(39)35(20-36)25-2-3-27(37)32-28(25)38)34-10-8-33(9-11-34)12-13-40-14-15-41-16-17-42-22-4-6-31-7-5-22/h18-20,22,25,31H,2-17H2,1H3,(H,32,37,38). The maximum Gasteiger partial charge on any atom is 0.261 e. The van der Waals surface area contributed by atoms with E-state index in [-0.39, 0.29) is 24.1 Å². The third-order valence-corrected chi connectivity index (χ3v) is 7.92. The van der Waals surface area contributed by atoms with E-state index in [1.807, 2.05) is 4.90 Å². The van der Waals surface area contributed by atoms with Crippen LogP contribution in [0.5, 0.6) is 0 Å². The molecule has 12 nitrogen and oxygen atoms in total. The van der Waals surface area contributed by atoms with Crippen molar-refractivity contribution in [3.05, 3.63) is 29.1 Å². The summed E-state index contributed by atoms with van der Waals surface area (Å²) in [7, 11) is 0. The fraction of sp³-hybridized carbons (Fsp3) is 0.655. The number of rotatable bonds is 14. The Hall–Kier alpha value is -2.97. The number of nitrogens with one attached hydrogen (secondary N) is 2. The number of amides is 4. The van der Waals surface area contributed by atoms with Gasteiger partial charge < -0.3 is 24.4 Å². The van der Waals surface area contributed by atoms with Gasteiger partial charge in [-0.3, -0.25) is 34.3 Å². The Bertz CT molecular complexity index is 1090. The van der Waals surface area contributed by atoms with Crippen LogP contribution in [0.3, 0.4) is 0 Å². The molecule has 1 aromatic carbocycles. The number of anilines is 1. The van der Waals surface area contributed by atoms with Crippen LogP contribution in [-0.4, -0.2) is 125 Å². The summed E-state index contributed by atoms with van der Waals surface area (Å²) in [5.74, 6) is -2.30. The summed E-state index contributed by atoms with van der Waals surface area (Å²) in [5.41, 5.74) is 0.767. The van der Waals surface area contributed by atoms with Crippen LogP contribution in [0, 0.1) is 12.7 Å². The van der Waals surface area contributed by atoms with Gasteiger partial charge in [-0.05, 0) is 57.0 Å². The van der Waals surface area contributed by atoms with Crippen LogP contribution >= 0.6 is 0 Å². The van der Waals surface area contributed by atoms with E-state index in [1.165, 1.54) is 12.1 Å². The van der Waals surface area contributed by atoms with Crippen LogP contribution in [0.4, 0.5) is 10.1 Å². The average molecular weight is 592 g/mol. The number of benzene rings is 1. The average Bonchev–Trinajstić information content (AvgIpc) is 2.98.